The smallest absolute Gasteiger partial charge is 0.150 e. The summed E-state index contributed by atoms with van der Waals surface area (Å²) in [5.74, 6) is -0.780. The fourth-order valence-electron chi connectivity index (χ4n) is 2.77. The Balaban J connectivity index is 1.95. The van der Waals surface area contributed by atoms with Gasteiger partial charge in [-0.15, -0.1) is 10.2 Å². The molecule has 2 aromatic heterocycles. The Morgan fingerprint density at radius 3 is 2.44 bits per heavy atom. The Bertz CT molecular complexity index is 1080. The van der Waals surface area contributed by atoms with Crippen molar-refractivity contribution in [3.8, 4) is 22.5 Å². The number of fused-ring (bicyclic) bond motifs is 1. The molecule has 0 N–H and O–H groups in total. The van der Waals surface area contributed by atoms with Crippen molar-refractivity contribution in [2.24, 2.45) is 0 Å². The van der Waals surface area contributed by atoms with E-state index in [-0.39, 0.29) is 5.82 Å². The minimum Gasteiger partial charge on any atom is -0.253 e. The second kappa shape index (κ2) is 5.98. The molecule has 122 valence electrons. The summed E-state index contributed by atoms with van der Waals surface area (Å²) in [6, 6.07) is 10.9. The Kier molecular flexibility index (Phi) is 3.65. The number of halogens is 2. The van der Waals surface area contributed by atoms with Crippen molar-refractivity contribution >= 4 is 10.9 Å². The van der Waals surface area contributed by atoms with Gasteiger partial charge in [0.1, 0.15) is 34.9 Å². The Hall–Kier alpha value is -3.28. The fourth-order valence-corrected chi connectivity index (χ4v) is 2.77. The number of aryl methyl sites for hydroxylation is 1. The average Bonchev–Trinajstić information content (AvgIpc) is 2.63. The molecule has 2 heterocycles. The molecule has 2 aromatic carbocycles. The first-order valence-electron chi connectivity index (χ1n) is 7.62. The van der Waals surface area contributed by atoms with Crippen LogP contribution in [-0.2, 0) is 0 Å². The number of pyridine rings is 1. The number of hydrogen-bond donors (Lipinski definition) is 0. The van der Waals surface area contributed by atoms with E-state index in [1.165, 1.54) is 24.5 Å². The van der Waals surface area contributed by atoms with Crippen LogP contribution in [-0.4, -0.2) is 20.2 Å². The van der Waals surface area contributed by atoms with Gasteiger partial charge in [0, 0.05) is 22.7 Å². The molecular formula is C19H12F2N4. The first-order chi connectivity index (χ1) is 12.1. The lowest BCUT2D eigenvalue weighted by molar-refractivity contribution is 0.628. The van der Waals surface area contributed by atoms with Crippen LogP contribution in [0.4, 0.5) is 8.78 Å². The van der Waals surface area contributed by atoms with Gasteiger partial charge in [-0.1, -0.05) is 0 Å². The van der Waals surface area contributed by atoms with E-state index in [0.29, 0.717) is 33.4 Å². The van der Waals surface area contributed by atoms with Gasteiger partial charge in [0.15, 0.2) is 0 Å². The molecule has 0 fully saturated rings. The van der Waals surface area contributed by atoms with Gasteiger partial charge >= 0.3 is 0 Å². The van der Waals surface area contributed by atoms with E-state index in [1.807, 2.05) is 19.1 Å². The molecule has 0 spiro atoms. The molecule has 0 bridgehead atoms. The number of benzene rings is 2. The zero-order valence-corrected chi connectivity index (χ0v) is 13.2. The van der Waals surface area contributed by atoms with Crippen molar-refractivity contribution < 1.29 is 8.78 Å². The number of aromatic nitrogens is 4. The van der Waals surface area contributed by atoms with Crippen LogP contribution in [0.1, 0.15) is 5.56 Å². The van der Waals surface area contributed by atoms with E-state index < -0.39 is 5.82 Å². The van der Waals surface area contributed by atoms with Crippen molar-refractivity contribution in [3.05, 3.63) is 72.2 Å². The Morgan fingerprint density at radius 1 is 0.840 bits per heavy atom. The predicted octanol–water partition coefficient (Wildman–Crippen LogP) is 4.34. The number of hydrogen-bond acceptors (Lipinski definition) is 4. The third kappa shape index (κ3) is 2.71. The maximum atomic E-state index is 14.5. The van der Waals surface area contributed by atoms with Gasteiger partial charge in [0.2, 0.25) is 0 Å². The van der Waals surface area contributed by atoms with Crippen molar-refractivity contribution in [1.82, 2.24) is 20.2 Å². The van der Waals surface area contributed by atoms with Gasteiger partial charge in [-0.3, -0.25) is 4.98 Å². The molecule has 0 unspecified atom stereocenters. The minimum atomic E-state index is -0.438. The third-order valence-corrected chi connectivity index (χ3v) is 4.03. The quantitative estimate of drug-likeness (QED) is 0.547. The molecule has 0 amide bonds. The standard InChI is InChI=1S/C19H12F2N4/c1-11-6-7-22-19-15(11)8-13(9-16(19)21)18-17(23-10-24-25-18)12-2-4-14(20)5-3-12/h2-10H,1H3. The van der Waals surface area contributed by atoms with Gasteiger partial charge in [-0.05, 0) is 55.0 Å². The summed E-state index contributed by atoms with van der Waals surface area (Å²) in [5, 5.41) is 8.66. The average molecular weight is 334 g/mol. The normalized spacial score (nSPS) is 11.0. The molecule has 6 heteroatoms. The largest absolute Gasteiger partial charge is 0.253 e. The van der Waals surface area contributed by atoms with Crippen LogP contribution in [0, 0.1) is 18.6 Å². The second-order valence-corrected chi connectivity index (χ2v) is 5.65. The van der Waals surface area contributed by atoms with Gasteiger partial charge in [0.05, 0.1) is 0 Å². The molecule has 0 saturated heterocycles. The summed E-state index contributed by atoms with van der Waals surface area (Å²) < 4.78 is 27.7. The molecule has 0 aliphatic rings. The van der Waals surface area contributed by atoms with Crippen LogP contribution in [0.5, 0.6) is 0 Å². The van der Waals surface area contributed by atoms with Crippen LogP contribution < -0.4 is 0 Å². The SMILES string of the molecule is Cc1ccnc2c(F)cc(-c3nncnc3-c3ccc(F)cc3)cc12. The highest BCUT2D eigenvalue weighted by atomic mass is 19.1. The Morgan fingerprint density at radius 2 is 1.64 bits per heavy atom. The van der Waals surface area contributed by atoms with Gasteiger partial charge < -0.3 is 0 Å². The highest BCUT2D eigenvalue weighted by Gasteiger charge is 2.15. The molecule has 25 heavy (non-hydrogen) atoms. The summed E-state index contributed by atoms with van der Waals surface area (Å²) in [6.07, 6.45) is 2.89. The maximum absolute atomic E-state index is 14.5. The number of nitrogens with zero attached hydrogens (tertiary/aromatic N) is 4. The zero-order valence-electron chi connectivity index (χ0n) is 13.2. The molecule has 0 aliphatic carbocycles. The lowest BCUT2D eigenvalue weighted by Gasteiger charge is -2.09. The monoisotopic (exact) mass is 334 g/mol. The van der Waals surface area contributed by atoms with E-state index in [0.717, 1.165) is 5.56 Å². The molecule has 0 saturated carbocycles. The third-order valence-electron chi connectivity index (χ3n) is 4.03. The maximum Gasteiger partial charge on any atom is 0.150 e. The summed E-state index contributed by atoms with van der Waals surface area (Å²) in [4.78, 5) is 8.35. The highest BCUT2D eigenvalue weighted by Crippen LogP contribution is 2.31. The van der Waals surface area contributed by atoms with Crippen LogP contribution in [0.15, 0.2) is 55.0 Å². The Labute approximate surface area is 142 Å². The molecule has 4 nitrogen and oxygen atoms in total. The van der Waals surface area contributed by atoms with Crippen molar-refractivity contribution in [2.45, 2.75) is 6.92 Å². The molecular weight excluding hydrogens is 322 g/mol. The van der Waals surface area contributed by atoms with E-state index in [9.17, 15) is 8.78 Å². The van der Waals surface area contributed by atoms with Crippen LogP contribution in [0.2, 0.25) is 0 Å². The van der Waals surface area contributed by atoms with Gasteiger partial charge in [-0.2, -0.15) is 0 Å². The zero-order chi connectivity index (χ0) is 17.4. The van der Waals surface area contributed by atoms with E-state index in [1.54, 1.807) is 18.3 Å². The summed E-state index contributed by atoms with van der Waals surface area (Å²) in [6.45, 7) is 1.89. The first kappa shape index (κ1) is 15.3. The topological polar surface area (TPSA) is 51.6 Å². The van der Waals surface area contributed by atoms with Crippen molar-refractivity contribution in [2.75, 3.05) is 0 Å². The fraction of sp³-hybridized carbons (Fsp3) is 0.0526. The van der Waals surface area contributed by atoms with Gasteiger partial charge in [0.25, 0.3) is 0 Å². The van der Waals surface area contributed by atoms with Crippen LogP contribution >= 0.6 is 0 Å². The highest BCUT2D eigenvalue weighted by molar-refractivity contribution is 5.89. The van der Waals surface area contributed by atoms with E-state index in [2.05, 4.69) is 20.2 Å². The summed E-state index contributed by atoms with van der Waals surface area (Å²) >= 11 is 0. The molecule has 4 aromatic rings. The van der Waals surface area contributed by atoms with Crippen LogP contribution in [0.25, 0.3) is 33.4 Å². The lowest BCUT2D eigenvalue weighted by Crippen LogP contribution is -1.97. The molecule has 4 rings (SSSR count). The van der Waals surface area contributed by atoms with Crippen LogP contribution in [0.3, 0.4) is 0 Å². The predicted molar refractivity (Wildman–Crippen MR) is 90.7 cm³/mol. The molecule has 0 atom stereocenters. The minimum absolute atomic E-state index is 0.309. The molecule has 0 aliphatic heterocycles. The van der Waals surface area contributed by atoms with E-state index >= 15 is 0 Å². The van der Waals surface area contributed by atoms with Crippen molar-refractivity contribution in [3.63, 3.8) is 0 Å². The van der Waals surface area contributed by atoms with Gasteiger partial charge in [-0.25, -0.2) is 13.8 Å². The first-order valence-corrected chi connectivity index (χ1v) is 7.62. The van der Waals surface area contributed by atoms with Crippen molar-refractivity contribution in [1.29, 1.82) is 0 Å². The lowest BCUT2D eigenvalue weighted by atomic mass is 10.0. The number of rotatable bonds is 2. The summed E-state index contributed by atoms with van der Waals surface area (Å²) in [7, 11) is 0. The molecule has 0 radical (unpaired) electrons. The second-order valence-electron chi connectivity index (χ2n) is 5.65. The summed E-state index contributed by atoms with van der Waals surface area (Å²) in [5.41, 5.74) is 3.37. The van der Waals surface area contributed by atoms with E-state index in [4.69, 9.17) is 0 Å².